The van der Waals surface area contributed by atoms with Gasteiger partial charge in [-0.25, -0.2) is 9.13 Å². The molecule has 3 N–H and O–H groups in total. The van der Waals surface area contributed by atoms with Crippen LogP contribution in [0.3, 0.4) is 0 Å². The van der Waals surface area contributed by atoms with Gasteiger partial charge in [-0.05, 0) is 43.4 Å². The van der Waals surface area contributed by atoms with E-state index in [1.54, 1.807) is 0 Å². The molecule has 0 bridgehead atoms. The van der Waals surface area contributed by atoms with Crippen molar-refractivity contribution in [1.29, 1.82) is 0 Å². The van der Waals surface area contributed by atoms with Gasteiger partial charge in [0.05, 0.1) is 26.4 Å². The van der Waals surface area contributed by atoms with Crippen molar-refractivity contribution in [3.05, 3.63) is 0 Å². The predicted octanol–water partition coefficient (Wildman–Crippen LogP) is 28.0. The van der Waals surface area contributed by atoms with E-state index in [0.29, 0.717) is 25.7 Å². The van der Waals surface area contributed by atoms with Gasteiger partial charge in [0.2, 0.25) is 0 Å². The standard InChI is InChI=1S/C91H178O17P2/c1-8-11-12-13-14-15-16-37-44-51-58-65-72-88(93)101-78-86(107-91(96)75-68-61-54-47-40-33-27-26-30-36-43-50-57-64-71-84(7)10-3)80-105-109(97,98)103-76-85(92)77-104-110(99,100)106-81-87(79-102-89(94)73-66-59-52-45-38-31-25-21-22-28-34-41-48-55-62-69-82(4)5)108-90(95)74-67-60-53-46-39-32-24-20-18-17-19-23-29-35-42-49-56-63-70-83(6)9-2/h82-87,92H,8-81H2,1-7H3,(H,97,98)(H,99,100)/t83?,84?,85-,86+,87+/m0/s1. The van der Waals surface area contributed by atoms with E-state index < -0.39 is 97.5 Å². The first-order valence-corrected chi connectivity index (χ1v) is 49.9. The molecule has 4 unspecified atom stereocenters. The maximum Gasteiger partial charge on any atom is 0.472 e. The zero-order valence-electron chi connectivity index (χ0n) is 72.7. The van der Waals surface area contributed by atoms with E-state index in [-0.39, 0.29) is 25.7 Å². The maximum atomic E-state index is 13.2. The maximum absolute atomic E-state index is 13.2. The largest absolute Gasteiger partial charge is 0.472 e. The monoisotopic (exact) mass is 1610 g/mol. The lowest BCUT2D eigenvalue weighted by atomic mass is 9.99. The molecule has 0 aliphatic rings. The van der Waals surface area contributed by atoms with Gasteiger partial charge in [0.15, 0.2) is 12.2 Å². The topological polar surface area (TPSA) is 237 Å². The molecule has 7 atom stereocenters. The highest BCUT2D eigenvalue weighted by atomic mass is 31.2. The Morgan fingerprint density at radius 3 is 0.691 bits per heavy atom. The molecule has 0 radical (unpaired) electrons. The molecule has 0 aliphatic carbocycles. The van der Waals surface area contributed by atoms with Crippen LogP contribution in [0.25, 0.3) is 0 Å². The number of aliphatic hydroxyl groups excluding tert-OH is 1. The molecule has 0 aromatic carbocycles. The predicted molar refractivity (Wildman–Crippen MR) is 455 cm³/mol. The number of carbonyl (C=O) groups is 4. The van der Waals surface area contributed by atoms with E-state index in [4.69, 9.17) is 37.0 Å². The summed E-state index contributed by atoms with van der Waals surface area (Å²) in [6.45, 7) is 12.2. The van der Waals surface area contributed by atoms with E-state index in [2.05, 4.69) is 48.5 Å². The third-order valence-corrected chi connectivity index (χ3v) is 24.0. The van der Waals surface area contributed by atoms with Gasteiger partial charge in [-0.2, -0.15) is 0 Å². The van der Waals surface area contributed by atoms with Crippen LogP contribution < -0.4 is 0 Å². The molecular formula is C91H178O17P2. The van der Waals surface area contributed by atoms with Gasteiger partial charge in [0, 0.05) is 25.7 Å². The Kier molecular flexibility index (Phi) is 79.4. The van der Waals surface area contributed by atoms with Crippen LogP contribution in [-0.4, -0.2) is 96.7 Å². The first kappa shape index (κ1) is 108. The molecule has 19 heteroatoms. The van der Waals surface area contributed by atoms with Crippen molar-refractivity contribution >= 4 is 39.5 Å². The second-order valence-corrected chi connectivity index (χ2v) is 36.6. The first-order chi connectivity index (χ1) is 53.3. The number of phosphoric acid groups is 2. The Bertz CT molecular complexity index is 2120. The van der Waals surface area contributed by atoms with Gasteiger partial charge >= 0.3 is 39.5 Å². The normalized spacial score (nSPS) is 14.3. The lowest BCUT2D eigenvalue weighted by Crippen LogP contribution is -2.30. The third kappa shape index (κ3) is 81.2. The summed E-state index contributed by atoms with van der Waals surface area (Å²) in [7, 11) is -9.94. The molecule has 0 fully saturated rings. The second kappa shape index (κ2) is 80.8. The van der Waals surface area contributed by atoms with Crippen LogP contribution in [0.2, 0.25) is 0 Å². The van der Waals surface area contributed by atoms with Crippen LogP contribution in [0.1, 0.15) is 485 Å². The lowest BCUT2D eigenvalue weighted by molar-refractivity contribution is -0.161. The highest BCUT2D eigenvalue weighted by Crippen LogP contribution is 2.45. The van der Waals surface area contributed by atoms with E-state index in [1.165, 1.54) is 295 Å². The van der Waals surface area contributed by atoms with Crippen molar-refractivity contribution in [2.75, 3.05) is 39.6 Å². The smallest absolute Gasteiger partial charge is 0.462 e. The number of hydrogen-bond acceptors (Lipinski definition) is 15. The van der Waals surface area contributed by atoms with Gasteiger partial charge in [0.25, 0.3) is 0 Å². The van der Waals surface area contributed by atoms with Gasteiger partial charge in [0.1, 0.15) is 19.3 Å². The molecule has 110 heavy (non-hydrogen) atoms. The van der Waals surface area contributed by atoms with Gasteiger partial charge in [-0.3, -0.25) is 37.3 Å². The Morgan fingerprint density at radius 1 is 0.264 bits per heavy atom. The fraction of sp³-hybridized carbons (Fsp3) is 0.956. The molecule has 0 amide bonds. The zero-order valence-corrected chi connectivity index (χ0v) is 74.5. The van der Waals surface area contributed by atoms with Crippen molar-refractivity contribution in [3.63, 3.8) is 0 Å². The summed E-state index contributed by atoms with van der Waals surface area (Å²) in [4.78, 5) is 73.4. The Hall–Kier alpha value is -1.94. The minimum Gasteiger partial charge on any atom is -0.462 e. The molecule has 0 saturated heterocycles. The summed E-state index contributed by atoms with van der Waals surface area (Å²) in [5.74, 6) is 0.427. The van der Waals surface area contributed by atoms with E-state index in [0.717, 1.165) is 108 Å². The van der Waals surface area contributed by atoms with Crippen LogP contribution in [0, 0.1) is 17.8 Å². The quantitative estimate of drug-likeness (QED) is 0.0222. The summed E-state index contributed by atoms with van der Waals surface area (Å²) >= 11 is 0. The molecule has 0 aliphatic heterocycles. The number of ether oxygens (including phenoxy) is 4. The highest BCUT2D eigenvalue weighted by Gasteiger charge is 2.31. The fourth-order valence-corrected chi connectivity index (χ4v) is 15.8. The van der Waals surface area contributed by atoms with Crippen LogP contribution >= 0.6 is 15.6 Å². The SMILES string of the molecule is CCCCCCCCCCCCCCC(=O)OC[C@H](COP(=O)(O)OC[C@H](O)COP(=O)(O)OC[C@@H](COC(=O)CCCCCCCCCCCCCCCCCC(C)C)OC(=O)CCCCCCCCCCCCCCCCCCCCC(C)CC)OC(=O)CCCCCCCCCCCCCCCCC(C)CC. The summed E-state index contributed by atoms with van der Waals surface area (Å²) < 4.78 is 69.1. The molecule has 0 spiro atoms. The first-order valence-electron chi connectivity index (χ1n) is 46.9. The number of esters is 4. The third-order valence-electron chi connectivity index (χ3n) is 22.1. The fourth-order valence-electron chi connectivity index (χ4n) is 14.2. The van der Waals surface area contributed by atoms with Crippen LogP contribution in [0.4, 0.5) is 0 Å². The number of hydrogen-bond donors (Lipinski definition) is 3. The number of carbonyl (C=O) groups excluding carboxylic acids is 4. The molecule has 0 saturated carbocycles. The van der Waals surface area contributed by atoms with E-state index >= 15 is 0 Å². The van der Waals surface area contributed by atoms with Gasteiger partial charge in [-0.15, -0.1) is 0 Å². The molecule has 0 heterocycles. The summed E-state index contributed by atoms with van der Waals surface area (Å²) in [6.07, 6.45) is 73.4. The van der Waals surface area contributed by atoms with E-state index in [1.807, 2.05) is 0 Å². The minimum absolute atomic E-state index is 0.108. The Labute approximate surface area is 677 Å². The highest BCUT2D eigenvalue weighted by molar-refractivity contribution is 7.47. The van der Waals surface area contributed by atoms with Crippen molar-refractivity contribution in [2.45, 2.75) is 503 Å². The van der Waals surface area contributed by atoms with Crippen LogP contribution in [0.5, 0.6) is 0 Å². The molecule has 17 nitrogen and oxygen atoms in total. The average Bonchev–Trinajstić information content (AvgIpc) is 0.904. The molecular weight excluding hydrogens is 1430 g/mol. The summed E-state index contributed by atoms with van der Waals surface area (Å²) in [6, 6.07) is 0. The lowest BCUT2D eigenvalue weighted by Gasteiger charge is -2.21. The summed E-state index contributed by atoms with van der Waals surface area (Å²) in [5, 5.41) is 10.7. The van der Waals surface area contributed by atoms with Crippen molar-refractivity contribution in [3.8, 4) is 0 Å². The number of phosphoric ester groups is 2. The second-order valence-electron chi connectivity index (χ2n) is 33.7. The summed E-state index contributed by atoms with van der Waals surface area (Å²) in [5.41, 5.74) is 0. The van der Waals surface area contributed by atoms with Crippen molar-refractivity contribution in [1.82, 2.24) is 0 Å². The van der Waals surface area contributed by atoms with Crippen LogP contribution in [0.15, 0.2) is 0 Å². The molecule has 0 aromatic heterocycles. The Balaban J connectivity index is 5.25. The van der Waals surface area contributed by atoms with Crippen LogP contribution in [-0.2, 0) is 65.4 Å². The van der Waals surface area contributed by atoms with Crippen molar-refractivity contribution in [2.24, 2.45) is 17.8 Å². The Morgan fingerprint density at radius 2 is 0.464 bits per heavy atom. The number of rotatable bonds is 89. The molecule has 0 aromatic rings. The molecule has 654 valence electrons. The van der Waals surface area contributed by atoms with Crippen molar-refractivity contribution < 1.29 is 80.2 Å². The van der Waals surface area contributed by atoms with E-state index in [9.17, 15) is 43.2 Å². The zero-order chi connectivity index (χ0) is 80.8. The molecule has 0 rings (SSSR count). The average molecular weight is 1610 g/mol. The number of unbranched alkanes of at least 4 members (excludes halogenated alkanes) is 55. The minimum atomic E-state index is -4.97. The van der Waals surface area contributed by atoms with Gasteiger partial charge < -0.3 is 33.8 Å². The van der Waals surface area contributed by atoms with Gasteiger partial charge in [-0.1, -0.05) is 434 Å². The number of aliphatic hydroxyl groups is 1.